The first-order valence-corrected chi connectivity index (χ1v) is 10.4. The highest BCUT2D eigenvalue weighted by atomic mass is 35.5. The maximum atomic E-state index is 13.8. The number of hydrogen-bond donors (Lipinski definition) is 1. The lowest BCUT2D eigenvalue weighted by molar-refractivity contribution is -0.142. The molecule has 1 aromatic carbocycles. The van der Waals surface area contributed by atoms with Gasteiger partial charge in [-0.2, -0.15) is 18.3 Å². The SMILES string of the molecule is CCN(CC)CCNC(=O)c1nn2c(C(F)(F)F)cc(-c3cccc(OC)c3)nc2c1Cl. The molecule has 0 fully saturated rings. The van der Waals surface area contributed by atoms with E-state index in [2.05, 4.69) is 20.3 Å². The van der Waals surface area contributed by atoms with E-state index < -0.39 is 17.8 Å². The monoisotopic (exact) mass is 469 g/mol. The number of nitrogens with one attached hydrogen (secondary N) is 1. The zero-order valence-corrected chi connectivity index (χ0v) is 18.6. The quantitative estimate of drug-likeness (QED) is 0.536. The predicted molar refractivity (Wildman–Crippen MR) is 115 cm³/mol. The largest absolute Gasteiger partial charge is 0.497 e. The molecule has 32 heavy (non-hydrogen) atoms. The minimum Gasteiger partial charge on any atom is -0.497 e. The van der Waals surface area contributed by atoms with E-state index in [1.165, 1.54) is 7.11 Å². The lowest BCUT2D eigenvalue weighted by Crippen LogP contribution is -2.35. The molecule has 0 atom stereocenters. The van der Waals surface area contributed by atoms with Gasteiger partial charge in [0.05, 0.1) is 12.8 Å². The number of rotatable bonds is 8. The molecule has 0 saturated carbocycles. The zero-order chi connectivity index (χ0) is 23.5. The third kappa shape index (κ3) is 4.97. The van der Waals surface area contributed by atoms with Crippen molar-refractivity contribution < 1.29 is 22.7 Å². The third-order valence-corrected chi connectivity index (χ3v) is 5.36. The number of methoxy groups -OCH3 is 1. The summed E-state index contributed by atoms with van der Waals surface area (Å²) in [6.45, 7) is 6.51. The number of ether oxygens (including phenoxy) is 1. The number of nitrogens with zero attached hydrogens (tertiary/aromatic N) is 4. The van der Waals surface area contributed by atoms with E-state index in [-0.39, 0.29) is 22.1 Å². The molecule has 0 spiro atoms. The van der Waals surface area contributed by atoms with Crippen molar-refractivity contribution in [3.8, 4) is 17.0 Å². The summed E-state index contributed by atoms with van der Waals surface area (Å²) < 4.78 is 47.1. The van der Waals surface area contributed by atoms with E-state index >= 15 is 0 Å². The van der Waals surface area contributed by atoms with Crippen LogP contribution >= 0.6 is 11.6 Å². The normalized spacial score (nSPS) is 11.9. The smallest absolute Gasteiger partial charge is 0.433 e. The highest BCUT2D eigenvalue weighted by molar-refractivity contribution is 6.36. The van der Waals surface area contributed by atoms with E-state index in [1.807, 2.05) is 13.8 Å². The minimum atomic E-state index is -4.75. The van der Waals surface area contributed by atoms with Crippen LogP contribution in [0.25, 0.3) is 16.9 Å². The number of carbonyl (C=O) groups excluding carboxylic acids is 1. The maximum absolute atomic E-state index is 13.8. The Morgan fingerprint density at radius 3 is 2.59 bits per heavy atom. The predicted octanol–water partition coefficient (Wildman–Crippen LogP) is 4.15. The molecule has 0 radical (unpaired) electrons. The second-order valence-electron chi connectivity index (χ2n) is 6.94. The van der Waals surface area contributed by atoms with Crippen molar-refractivity contribution in [2.75, 3.05) is 33.3 Å². The Hall–Kier alpha value is -2.85. The van der Waals surface area contributed by atoms with Gasteiger partial charge in [0.1, 0.15) is 10.8 Å². The van der Waals surface area contributed by atoms with Crippen molar-refractivity contribution in [3.63, 3.8) is 0 Å². The summed E-state index contributed by atoms with van der Waals surface area (Å²) in [4.78, 5) is 18.9. The van der Waals surface area contributed by atoms with E-state index in [0.29, 0.717) is 28.9 Å². The standard InChI is InChI=1S/C21H23ClF3N5O2/c1-4-29(5-2)10-9-26-20(31)18-17(22)19-27-15(13-7-6-8-14(11-13)32-3)12-16(21(23,24)25)30(19)28-18/h6-8,11-12H,4-5,9-10H2,1-3H3,(H,26,31). The molecule has 0 unspecified atom stereocenters. The molecule has 0 aliphatic carbocycles. The van der Waals surface area contributed by atoms with Crippen molar-refractivity contribution in [2.45, 2.75) is 20.0 Å². The molecular formula is C21H23ClF3N5O2. The molecule has 172 valence electrons. The highest BCUT2D eigenvalue weighted by Crippen LogP contribution is 2.35. The van der Waals surface area contributed by atoms with Crippen LogP contribution in [0.2, 0.25) is 5.02 Å². The molecule has 3 rings (SSSR count). The van der Waals surface area contributed by atoms with Crippen LogP contribution in [-0.2, 0) is 6.18 Å². The van der Waals surface area contributed by atoms with Crippen LogP contribution < -0.4 is 10.1 Å². The lowest BCUT2D eigenvalue weighted by atomic mass is 10.1. The van der Waals surface area contributed by atoms with Gasteiger partial charge in [0, 0.05) is 18.7 Å². The first-order chi connectivity index (χ1) is 15.2. The Bertz CT molecular complexity index is 1110. The molecular weight excluding hydrogens is 447 g/mol. The Morgan fingerprint density at radius 1 is 1.25 bits per heavy atom. The molecule has 0 saturated heterocycles. The molecule has 0 aliphatic heterocycles. The van der Waals surface area contributed by atoms with Gasteiger partial charge in [-0.25, -0.2) is 9.50 Å². The number of likely N-dealkylation sites (N-methyl/N-ethyl adjacent to an activating group) is 1. The summed E-state index contributed by atoms with van der Waals surface area (Å²) in [6, 6.07) is 7.34. The fourth-order valence-electron chi connectivity index (χ4n) is 3.22. The van der Waals surface area contributed by atoms with Crippen molar-refractivity contribution in [2.24, 2.45) is 0 Å². The lowest BCUT2D eigenvalue weighted by Gasteiger charge is -2.17. The van der Waals surface area contributed by atoms with Gasteiger partial charge >= 0.3 is 6.18 Å². The number of benzene rings is 1. The number of carbonyl (C=O) groups is 1. The van der Waals surface area contributed by atoms with Crippen molar-refractivity contribution in [1.29, 1.82) is 0 Å². The number of fused-ring (bicyclic) bond motifs is 1. The van der Waals surface area contributed by atoms with Crippen LogP contribution in [0.4, 0.5) is 13.2 Å². The van der Waals surface area contributed by atoms with Gasteiger partial charge in [-0.3, -0.25) is 4.79 Å². The fraction of sp³-hybridized carbons (Fsp3) is 0.381. The molecule has 3 aromatic rings. The third-order valence-electron chi connectivity index (χ3n) is 5.01. The minimum absolute atomic E-state index is 0.0269. The van der Waals surface area contributed by atoms with Crippen LogP contribution in [0, 0.1) is 0 Å². The van der Waals surface area contributed by atoms with Gasteiger partial charge in [0.25, 0.3) is 5.91 Å². The summed E-state index contributed by atoms with van der Waals surface area (Å²) in [5, 5.41) is 6.24. The van der Waals surface area contributed by atoms with E-state index in [1.54, 1.807) is 24.3 Å². The Balaban J connectivity index is 2.03. The van der Waals surface area contributed by atoms with Gasteiger partial charge in [-0.15, -0.1) is 0 Å². The van der Waals surface area contributed by atoms with Crippen LogP contribution in [0.3, 0.4) is 0 Å². The maximum Gasteiger partial charge on any atom is 0.433 e. The Kier molecular flexibility index (Phi) is 7.25. The van der Waals surface area contributed by atoms with Gasteiger partial charge in [0.2, 0.25) is 0 Å². The second kappa shape index (κ2) is 9.74. The summed E-state index contributed by atoms with van der Waals surface area (Å²) in [5.41, 5.74) is -1.23. The highest BCUT2D eigenvalue weighted by Gasteiger charge is 2.36. The van der Waals surface area contributed by atoms with Gasteiger partial charge in [-0.1, -0.05) is 37.6 Å². The number of alkyl halides is 3. The van der Waals surface area contributed by atoms with Crippen LogP contribution in [-0.4, -0.2) is 58.7 Å². The Morgan fingerprint density at radius 2 is 1.97 bits per heavy atom. The molecule has 7 nitrogen and oxygen atoms in total. The first-order valence-electron chi connectivity index (χ1n) is 10.0. The first kappa shape index (κ1) is 23.8. The Labute approximate surface area is 188 Å². The topological polar surface area (TPSA) is 71.8 Å². The van der Waals surface area contributed by atoms with E-state index in [4.69, 9.17) is 16.3 Å². The average Bonchev–Trinajstić information content (AvgIpc) is 3.11. The van der Waals surface area contributed by atoms with Gasteiger partial charge in [-0.05, 0) is 31.3 Å². The molecule has 0 bridgehead atoms. The zero-order valence-electron chi connectivity index (χ0n) is 17.8. The molecule has 1 amide bonds. The molecule has 2 aromatic heterocycles. The summed E-state index contributed by atoms with van der Waals surface area (Å²) >= 11 is 6.28. The van der Waals surface area contributed by atoms with E-state index in [0.717, 1.165) is 19.2 Å². The molecule has 2 heterocycles. The van der Waals surface area contributed by atoms with Gasteiger partial charge in [0.15, 0.2) is 17.0 Å². The summed E-state index contributed by atoms with van der Waals surface area (Å²) in [6.07, 6.45) is -4.75. The average molecular weight is 470 g/mol. The van der Waals surface area contributed by atoms with Gasteiger partial charge < -0.3 is 15.0 Å². The van der Waals surface area contributed by atoms with Crippen LogP contribution in [0.15, 0.2) is 30.3 Å². The number of halogens is 4. The second-order valence-corrected chi connectivity index (χ2v) is 7.32. The number of amides is 1. The van der Waals surface area contributed by atoms with Crippen LogP contribution in [0.1, 0.15) is 30.0 Å². The number of hydrogen-bond acceptors (Lipinski definition) is 5. The summed E-state index contributed by atoms with van der Waals surface area (Å²) in [7, 11) is 1.45. The fourth-order valence-corrected chi connectivity index (χ4v) is 3.47. The van der Waals surface area contributed by atoms with Crippen molar-refractivity contribution >= 4 is 23.2 Å². The van der Waals surface area contributed by atoms with E-state index in [9.17, 15) is 18.0 Å². The number of aromatic nitrogens is 3. The van der Waals surface area contributed by atoms with Crippen LogP contribution in [0.5, 0.6) is 5.75 Å². The molecule has 1 N–H and O–H groups in total. The van der Waals surface area contributed by atoms with Crippen molar-refractivity contribution in [3.05, 3.63) is 46.7 Å². The van der Waals surface area contributed by atoms with Crippen molar-refractivity contribution in [1.82, 2.24) is 24.8 Å². The molecule has 0 aliphatic rings. The molecule has 11 heteroatoms. The summed E-state index contributed by atoms with van der Waals surface area (Å²) in [5.74, 6) is -0.200.